The highest BCUT2D eigenvalue weighted by Gasteiger charge is 2.11. The zero-order valence-electron chi connectivity index (χ0n) is 13.8. The van der Waals surface area contributed by atoms with Gasteiger partial charge in [0, 0.05) is 11.6 Å². The largest absolute Gasteiger partial charge is 0.484 e. The summed E-state index contributed by atoms with van der Waals surface area (Å²) in [7, 11) is 0. The second-order valence-electron chi connectivity index (χ2n) is 5.30. The van der Waals surface area contributed by atoms with Crippen LogP contribution in [0, 0.1) is 11.6 Å². The van der Waals surface area contributed by atoms with E-state index in [1.54, 1.807) is 0 Å². The number of Topliss-reactive ketones (excluding diaryl/α,β-unsaturated/α-hetero) is 1. The van der Waals surface area contributed by atoms with Crippen molar-refractivity contribution in [2.45, 2.75) is 0 Å². The molecule has 5 nitrogen and oxygen atoms in total. The molecule has 0 aliphatic rings. The van der Waals surface area contributed by atoms with E-state index in [0.717, 1.165) is 12.1 Å². The Morgan fingerprint density at radius 1 is 1.04 bits per heavy atom. The number of halogens is 4. The first-order valence-electron chi connectivity index (χ1n) is 7.55. The van der Waals surface area contributed by atoms with Crippen molar-refractivity contribution in [3.05, 3.63) is 76.0 Å². The fourth-order valence-corrected chi connectivity index (χ4v) is 2.16. The summed E-state index contributed by atoms with van der Waals surface area (Å²) < 4.78 is 31.8. The number of amides is 1. The zero-order chi connectivity index (χ0) is 20.0. The molecule has 2 aromatic carbocycles. The molecular formula is C18H14Cl2F2N2O3. The molecule has 0 unspecified atom stereocenters. The number of benzene rings is 2. The highest BCUT2D eigenvalue weighted by atomic mass is 35.5. The Morgan fingerprint density at radius 3 is 2.30 bits per heavy atom. The highest BCUT2D eigenvalue weighted by Crippen LogP contribution is 2.20. The molecule has 27 heavy (non-hydrogen) atoms. The van der Waals surface area contributed by atoms with Gasteiger partial charge in [-0.05, 0) is 30.3 Å². The summed E-state index contributed by atoms with van der Waals surface area (Å²) in [6.07, 6.45) is 0. The minimum atomic E-state index is -0.703. The maximum Gasteiger partial charge on any atom is 0.263 e. The molecule has 0 radical (unpaired) electrons. The van der Waals surface area contributed by atoms with Crippen LogP contribution < -0.4 is 15.4 Å². The molecule has 2 N–H and O–H groups in total. The summed E-state index contributed by atoms with van der Waals surface area (Å²) in [4.78, 5) is 23.7. The van der Waals surface area contributed by atoms with Crippen LogP contribution in [0.4, 0.5) is 8.78 Å². The van der Waals surface area contributed by atoms with Crippen molar-refractivity contribution in [3.8, 4) is 5.75 Å². The van der Waals surface area contributed by atoms with Gasteiger partial charge >= 0.3 is 0 Å². The predicted molar refractivity (Wildman–Crippen MR) is 97.9 cm³/mol. The van der Waals surface area contributed by atoms with Crippen LogP contribution in [0.15, 0.2) is 48.8 Å². The molecule has 0 heterocycles. The van der Waals surface area contributed by atoms with E-state index in [2.05, 4.69) is 17.2 Å². The van der Waals surface area contributed by atoms with Crippen molar-refractivity contribution in [2.75, 3.05) is 13.2 Å². The van der Waals surface area contributed by atoms with Crippen LogP contribution in [0.2, 0.25) is 10.0 Å². The van der Waals surface area contributed by atoms with Crippen molar-refractivity contribution < 1.29 is 23.1 Å². The molecule has 0 aliphatic heterocycles. The number of hydrogen-bond donors (Lipinski definition) is 2. The van der Waals surface area contributed by atoms with Crippen LogP contribution in [0.25, 0.3) is 0 Å². The van der Waals surface area contributed by atoms with Gasteiger partial charge in [0.25, 0.3) is 5.91 Å². The van der Waals surface area contributed by atoms with Crippen molar-refractivity contribution in [1.82, 2.24) is 10.6 Å². The molecule has 2 aromatic rings. The van der Waals surface area contributed by atoms with Crippen LogP contribution in [0.5, 0.6) is 5.75 Å². The monoisotopic (exact) mass is 414 g/mol. The summed E-state index contributed by atoms with van der Waals surface area (Å²) in [5.74, 6) is -2.19. The Hall–Kier alpha value is -2.64. The molecule has 0 saturated heterocycles. The Morgan fingerprint density at radius 2 is 1.67 bits per heavy atom. The van der Waals surface area contributed by atoms with Gasteiger partial charge in [0.15, 0.2) is 12.4 Å². The third kappa shape index (κ3) is 6.23. The third-order valence-electron chi connectivity index (χ3n) is 3.26. The molecule has 0 atom stereocenters. The first kappa shape index (κ1) is 20.7. The number of ether oxygens (including phenoxy) is 1. The first-order valence-corrected chi connectivity index (χ1v) is 8.30. The molecule has 0 aromatic heterocycles. The Bertz CT molecular complexity index is 891. The van der Waals surface area contributed by atoms with Crippen molar-refractivity contribution in [3.63, 3.8) is 0 Å². The summed E-state index contributed by atoms with van der Waals surface area (Å²) in [6, 6.07) is 7.44. The van der Waals surface area contributed by atoms with Gasteiger partial charge in [0.2, 0.25) is 0 Å². The van der Waals surface area contributed by atoms with E-state index in [-0.39, 0.29) is 33.7 Å². The molecular weight excluding hydrogens is 401 g/mol. The van der Waals surface area contributed by atoms with E-state index in [0.29, 0.717) is 0 Å². The fourth-order valence-electron chi connectivity index (χ4n) is 1.92. The van der Waals surface area contributed by atoms with Crippen LogP contribution in [0.3, 0.4) is 0 Å². The van der Waals surface area contributed by atoms with Crippen LogP contribution in [-0.2, 0) is 4.79 Å². The highest BCUT2D eigenvalue weighted by molar-refractivity contribution is 6.31. The quantitative estimate of drug-likeness (QED) is 0.646. The molecule has 9 heteroatoms. The van der Waals surface area contributed by atoms with E-state index in [9.17, 15) is 18.4 Å². The molecule has 0 saturated carbocycles. The number of carbonyl (C=O) groups excluding carboxylic acids is 2. The lowest BCUT2D eigenvalue weighted by molar-refractivity contribution is -0.122. The van der Waals surface area contributed by atoms with Gasteiger partial charge in [0.05, 0.1) is 22.4 Å². The summed E-state index contributed by atoms with van der Waals surface area (Å²) >= 11 is 11.1. The van der Waals surface area contributed by atoms with Gasteiger partial charge in [-0.1, -0.05) is 29.8 Å². The average Bonchev–Trinajstić information content (AvgIpc) is 2.63. The molecule has 0 aliphatic carbocycles. The van der Waals surface area contributed by atoms with Crippen LogP contribution >= 0.6 is 23.2 Å². The fraction of sp³-hybridized carbons (Fsp3) is 0.111. The second kappa shape index (κ2) is 9.34. The average molecular weight is 415 g/mol. The maximum absolute atomic E-state index is 13.4. The van der Waals surface area contributed by atoms with Crippen molar-refractivity contribution >= 4 is 34.9 Å². The lowest BCUT2D eigenvalue weighted by Crippen LogP contribution is -2.36. The lowest BCUT2D eigenvalue weighted by atomic mass is 10.1. The van der Waals surface area contributed by atoms with Crippen molar-refractivity contribution in [1.29, 1.82) is 0 Å². The van der Waals surface area contributed by atoms with E-state index in [1.807, 2.05) is 0 Å². The number of hydrogen-bond acceptors (Lipinski definition) is 4. The first-order chi connectivity index (χ1) is 12.8. The molecule has 1 amide bonds. The van der Waals surface area contributed by atoms with Gasteiger partial charge in [-0.25, -0.2) is 8.78 Å². The Balaban J connectivity index is 1.77. The normalized spacial score (nSPS) is 10.2. The smallest absolute Gasteiger partial charge is 0.263 e. The van der Waals surface area contributed by atoms with Gasteiger partial charge in [0.1, 0.15) is 17.4 Å². The molecule has 2 rings (SSSR count). The number of ketones is 1. The molecule has 142 valence electrons. The van der Waals surface area contributed by atoms with Crippen LogP contribution in [0.1, 0.15) is 10.4 Å². The maximum atomic E-state index is 13.4. The standard InChI is InChI=1S/C18H14Cl2F2N2O3/c1-10(23-8-17(25)11-2-4-13(19)15(21)6-11)24-18(26)9-27-12-3-5-14(20)16(22)7-12/h2-7,23H,1,8-9H2,(H,24,26). The van der Waals surface area contributed by atoms with Gasteiger partial charge in [-0.3, -0.25) is 9.59 Å². The molecule has 0 fully saturated rings. The topological polar surface area (TPSA) is 67.4 Å². The summed E-state index contributed by atoms with van der Waals surface area (Å²) in [6.45, 7) is 2.93. The summed E-state index contributed by atoms with van der Waals surface area (Å²) in [5, 5.41) is 4.82. The Labute approximate surface area is 163 Å². The third-order valence-corrected chi connectivity index (χ3v) is 3.87. The second-order valence-corrected chi connectivity index (χ2v) is 6.11. The van der Waals surface area contributed by atoms with E-state index in [4.69, 9.17) is 27.9 Å². The number of nitrogens with one attached hydrogen (secondary N) is 2. The zero-order valence-corrected chi connectivity index (χ0v) is 15.3. The number of carbonyl (C=O) groups is 2. The van der Waals surface area contributed by atoms with Crippen molar-refractivity contribution in [2.24, 2.45) is 0 Å². The van der Waals surface area contributed by atoms with E-state index >= 15 is 0 Å². The van der Waals surface area contributed by atoms with Crippen LogP contribution in [-0.4, -0.2) is 24.8 Å². The van der Waals surface area contributed by atoms with Gasteiger partial charge < -0.3 is 15.4 Å². The van der Waals surface area contributed by atoms with E-state index in [1.165, 1.54) is 24.3 Å². The van der Waals surface area contributed by atoms with Gasteiger partial charge in [-0.15, -0.1) is 0 Å². The lowest BCUT2D eigenvalue weighted by Gasteiger charge is -2.11. The van der Waals surface area contributed by atoms with E-state index < -0.39 is 29.9 Å². The van der Waals surface area contributed by atoms with Gasteiger partial charge in [-0.2, -0.15) is 0 Å². The minimum absolute atomic E-state index is 0.0497. The summed E-state index contributed by atoms with van der Waals surface area (Å²) in [5.41, 5.74) is 0.122. The Kier molecular flexibility index (Phi) is 7.15. The minimum Gasteiger partial charge on any atom is -0.484 e. The molecule has 0 spiro atoms. The molecule has 0 bridgehead atoms. The predicted octanol–water partition coefficient (Wildman–Crippen LogP) is 3.71. The number of rotatable bonds is 8. The SMILES string of the molecule is C=C(NCC(=O)c1ccc(Cl)c(F)c1)NC(=O)COc1ccc(Cl)c(F)c1.